The molecule has 3 aromatic heterocycles. The monoisotopic (exact) mass is 520 g/mol. The van der Waals surface area contributed by atoms with Gasteiger partial charge in [0.25, 0.3) is 0 Å². The third kappa shape index (κ3) is 5.41. The van der Waals surface area contributed by atoms with E-state index in [2.05, 4.69) is 31.2 Å². The van der Waals surface area contributed by atoms with Gasteiger partial charge in [-0.3, -0.25) is 0 Å². The van der Waals surface area contributed by atoms with Gasteiger partial charge < -0.3 is 11.1 Å². The predicted molar refractivity (Wildman–Crippen MR) is 119 cm³/mol. The van der Waals surface area contributed by atoms with E-state index in [1.807, 2.05) is 5.38 Å². The van der Waals surface area contributed by atoms with Crippen LogP contribution in [0, 0.1) is 0 Å². The first-order valence-electron chi connectivity index (χ1n) is 7.25. The first kappa shape index (κ1) is 23.8. The Bertz CT molecular complexity index is 845. The average Bonchev–Trinajstić information content (AvgIpc) is 3.15. The van der Waals surface area contributed by atoms with E-state index in [0.29, 0.717) is 18.1 Å². The Hall–Kier alpha value is -0.220. The van der Waals surface area contributed by atoms with Crippen LogP contribution in [-0.2, 0) is 13.0 Å². The molecular weight excluding hydrogens is 506 g/mol. The van der Waals surface area contributed by atoms with Crippen LogP contribution in [0.15, 0.2) is 22.1 Å². The molecule has 144 valence electrons. The van der Waals surface area contributed by atoms with Crippen LogP contribution in [0.1, 0.15) is 16.8 Å². The second-order valence-corrected chi connectivity index (χ2v) is 8.60. The third-order valence-corrected chi connectivity index (χ3v) is 6.87. The van der Waals surface area contributed by atoms with Gasteiger partial charge in [0.15, 0.2) is 0 Å². The van der Waals surface area contributed by atoms with Gasteiger partial charge in [-0.1, -0.05) is 11.6 Å². The topological polar surface area (TPSA) is 63.8 Å². The number of hydrogen-bond donors (Lipinski definition) is 2. The van der Waals surface area contributed by atoms with Crippen LogP contribution in [0.5, 0.6) is 0 Å². The molecule has 0 aliphatic carbocycles. The lowest BCUT2D eigenvalue weighted by Crippen LogP contribution is -2.31. The number of nitrogens with zero attached hydrogens (tertiary/aromatic N) is 2. The highest BCUT2D eigenvalue weighted by Crippen LogP contribution is 2.40. The molecule has 0 aliphatic rings. The van der Waals surface area contributed by atoms with E-state index in [4.69, 9.17) is 17.3 Å². The highest BCUT2D eigenvalue weighted by atomic mass is 79.9. The van der Waals surface area contributed by atoms with Gasteiger partial charge in [0.2, 0.25) is 0 Å². The molecule has 0 saturated carbocycles. The van der Waals surface area contributed by atoms with Gasteiger partial charge in [-0.05, 0) is 22.9 Å². The average molecular weight is 523 g/mol. The zero-order valence-corrected chi connectivity index (χ0v) is 19.1. The molecule has 0 bridgehead atoms. The van der Waals surface area contributed by atoms with Gasteiger partial charge in [-0.2, -0.15) is 0 Å². The summed E-state index contributed by atoms with van der Waals surface area (Å²) in [7, 11) is 0. The Balaban J connectivity index is 0.00000169. The van der Waals surface area contributed by atoms with Crippen molar-refractivity contribution in [1.82, 2.24) is 9.97 Å². The number of halogens is 5. The summed E-state index contributed by atoms with van der Waals surface area (Å²) in [6.45, 7) is 2.08. The number of thiophene rings is 1. The van der Waals surface area contributed by atoms with Gasteiger partial charge in [-0.15, -0.1) is 47.5 Å². The predicted octanol–water partition coefficient (Wildman–Crippen LogP) is 5.85. The summed E-state index contributed by atoms with van der Waals surface area (Å²) in [4.78, 5) is 9.62. The van der Waals surface area contributed by atoms with Crippen LogP contribution >= 0.6 is 75.0 Å². The Morgan fingerprint density at radius 2 is 2.15 bits per heavy atom. The minimum atomic E-state index is -1.07. The van der Waals surface area contributed by atoms with Crippen molar-refractivity contribution in [2.75, 3.05) is 5.32 Å². The number of alkyl halides is 1. The molecule has 0 aliphatic heterocycles. The minimum absolute atomic E-state index is 0. The van der Waals surface area contributed by atoms with Crippen molar-refractivity contribution >= 4 is 90.9 Å². The second kappa shape index (κ2) is 10.4. The molecule has 0 amide bonds. The van der Waals surface area contributed by atoms with Gasteiger partial charge >= 0.3 is 0 Å². The highest BCUT2D eigenvalue weighted by Gasteiger charge is 2.20. The molecule has 0 unspecified atom stereocenters. The molecule has 0 spiro atoms. The number of aromatic nitrogens is 2. The fourth-order valence-corrected chi connectivity index (χ4v) is 4.97. The Morgan fingerprint density at radius 1 is 1.42 bits per heavy atom. The first-order valence-corrected chi connectivity index (χ1v) is 10.1. The van der Waals surface area contributed by atoms with E-state index in [0.717, 1.165) is 30.3 Å². The standard InChI is InChI=1S/C15H15BrClFN4S2.2ClH/c1-7(18)8(19)4-10-13(16)14-15(24-10)9(5-11(17)22-14)21-6-12-20-2-3-23-12;;/h2-3,5,7-8H,4,6,19H2,1H3,(H,21,22);2*1H/t7-,8+;;/m0../s1. The molecule has 2 atom stereocenters. The van der Waals surface area contributed by atoms with E-state index in [9.17, 15) is 4.39 Å². The molecule has 0 aromatic carbocycles. The molecule has 3 N–H and O–H groups in total. The number of anilines is 1. The maximum atomic E-state index is 13.4. The SMILES string of the molecule is C[C@H](F)[C@H](N)Cc1sc2c(NCc3nccs3)cc(Cl)nc2c1Br.Cl.Cl. The summed E-state index contributed by atoms with van der Waals surface area (Å²) >= 11 is 12.9. The maximum absolute atomic E-state index is 13.4. The fourth-order valence-electron chi connectivity index (χ4n) is 2.20. The number of thiazole rings is 1. The summed E-state index contributed by atoms with van der Waals surface area (Å²) in [5.74, 6) is 0. The molecule has 3 heterocycles. The molecule has 3 rings (SSSR count). The van der Waals surface area contributed by atoms with Crippen molar-refractivity contribution in [2.24, 2.45) is 5.73 Å². The Labute approximate surface area is 184 Å². The van der Waals surface area contributed by atoms with Crippen molar-refractivity contribution < 1.29 is 4.39 Å². The molecule has 0 saturated heterocycles. The van der Waals surface area contributed by atoms with Crippen LogP contribution in [0.4, 0.5) is 10.1 Å². The van der Waals surface area contributed by atoms with E-state index < -0.39 is 12.2 Å². The number of pyridine rings is 1. The second-order valence-electron chi connectivity index (χ2n) is 5.33. The number of rotatable bonds is 6. The zero-order chi connectivity index (χ0) is 17.3. The molecule has 26 heavy (non-hydrogen) atoms. The van der Waals surface area contributed by atoms with E-state index in [-0.39, 0.29) is 24.8 Å². The maximum Gasteiger partial charge on any atom is 0.131 e. The molecule has 11 heteroatoms. The summed E-state index contributed by atoms with van der Waals surface area (Å²) in [6.07, 6.45) is 1.15. The first-order chi connectivity index (χ1) is 11.5. The lowest BCUT2D eigenvalue weighted by atomic mass is 10.1. The third-order valence-electron chi connectivity index (χ3n) is 3.54. The summed E-state index contributed by atoms with van der Waals surface area (Å²) in [6, 6.07) is 1.25. The molecule has 4 nitrogen and oxygen atoms in total. The van der Waals surface area contributed by atoms with Crippen LogP contribution in [0.2, 0.25) is 5.15 Å². The quantitative estimate of drug-likeness (QED) is 0.399. The van der Waals surface area contributed by atoms with E-state index in [1.165, 1.54) is 6.92 Å². The molecule has 0 fully saturated rings. The van der Waals surface area contributed by atoms with Gasteiger partial charge in [-0.25, -0.2) is 14.4 Å². The minimum Gasteiger partial charge on any atom is -0.377 e. The van der Waals surface area contributed by atoms with Crippen LogP contribution < -0.4 is 11.1 Å². The zero-order valence-electron chi connectivity index (χ0n) is 13.5. The lowest BCUT2D eigenvalue weighted by molar-refractivity contribution is 0.305. The Morgan fingerprint density at radius 3 is 2.77 bits per heavy atom. The summed E-state index contributed by atoms with van der Waals surface area (Å²) in [5, 5.41) is 6.68. The molecular formula is C15H17BrCl3FN4S2. The number of hydrogen-bond acceptors (Lipinski definition) is 6. The van der Waals surface area contributed by atoms with Crippen molar-refractivity contribution in [1.29, 1.82) is 0 Å². The van der Waals surface area contributed by atoms with Gasteiger partial charge in [0, 0.05) is 35.0 Å². The summed E-state index contributed by atoms with van der Waals surface area (Å²) < 4.78 is 15.2. The smallest absolute Gasteiger partial charge is 0.131 e. The number of fused-ring (bicyclic) bond motifs is 1. The Kier molecular flexibility index (Phi) is 9.49. The number of nitrogens with one attached hydrogen (secondary N) is 1. The molecule has 3 aromatic rings. The van der Waals surface area contributed by atoms with Gasteiger partial charge in [0.1, 0.15) is 16.3 Å². The molecule has 0 radical (unpaired) electrons. The van der Waals surface area contributed by atoms with Crippen LogP contribution in [0.3, 0.4) is 0 Å². The van der Waals surface area contributed by atoms with E-state index in [1.54, 1.807) is 34.9 Å². The van der Waals surface area contributed by atoms with Crippen molar-refractivity contribution in [3.05, 3.63) is 37.2 Å². The highest BCUT2D eigenvalue weighted by molar-refractivity contribution is 9.10. The van der Waals surface area contributed by atoms with Crippen molar-refractivity contribution in [2.45, 2.75) is 32.1 Å². The lowest BCUT2D eigenvalue weighted by Gasteiger charge is -2.11. The van der Waals surface area contributed by atoms with Gasteiger partial charge in [0.05, 0.1) is 26.9 Å². The van der Waals surface area contributed by atoms with Crippen molar-refractivity contribution in [3.8, 4) is 0 Å². The fraction of sp³-hybridized carbons (Fsp3) is 0.333. The van der Waals surface area contributed by atoms with Crippen LogP contribution in [-0.4, -0.2) is 22.2 Å². The van der Waals surface area contributed by atoms with Crippen LogP contribution in [0.25, 0.3) is 10.2 Å². The largest absolute Gasteiger partial charge is 0.377 e. The summed E-state index contributed by atoms with van der Waals surface area (Å²) in [5.41, 5.74) is 7.53. The number of nitrogens with two attached hydrogens (primary N) is 1. The normalized spacial score (nSPS) is 13.0. The van der Waals surface area contributed by atoms with E-state index >= 15 is 0 Å². The van der Waals surface area contributed by atoms with Crippen molar-refractivity contribution in [3.63, 3.8) is 0 Å².